The van der Waals surface area contributed by atoms with Crippen LogP contribution < -0.4 is 5.32 Å². The van der Waals surface area contributed by atoms with E-state index in [9.17, 15) is 9.59 Å². The molecule has 0 aliphatic heterocycles. The monoisotopic (exact) mass is 255 g/mol. The first-order chi connectivity index (χ1) is 8.41. The summed E-state index contributed by atoms with van der Waals surface area (Å²) in [5, 5.41) is 11.7. The number of hydrogen-bond donors (Lipinski definition) is 2. The minimum absolute atomic E-state index is 0.0528. The minimum Gasteiger partial charge on any atom is -0.480 e. The molecule has 4 heteroatoms. The van der Waals surface area contributed by atoms with Crippen molar-refractivity contribution in [2.75, 3.05) is 0 Å². The van der Waals surface area contributed by atoms with Gasteiger partial charge in [0.05, 0.1) is 0 Å². The summed E-state index contributed by atoms with van der Waals surface area (Å²) in [6.07, 6.45) is 5.22. The SMILES string of the molecule is CC[C@H](NC(=O)C1(CC(C)C)CCCC1)C(=O)O. The molecule has 0 aromatic rings. The second-order valence-electron chi connectivity index (χ2n) is 5.86. The standard InChI is InChI=1S/C14H25NO3/c1-4-11(12(16)17)15-13(18)14(9-10(2)3)7-5-6-8-14/h10-11H,4-9H2,1-3H3,(H,15,18)(H,16,17)/t11-/m0/s1. The largest absolute Gasteiger partial charge is 0.480 e. The van der Waals surface area contributed by atoms with E-state index in [1.54, 1.807) is 6.92 Å². The fourth-order valence-corrected chi connectivity index (χ4v) is 3.01. The van der Waals surface area contributed by atoms with Crippen LogP contribution in [0.3, 0.4) is 0 Å². The van der Waals surface area contributed by atoms with Crippen LogP contribution in [0.1, 0.15) is 59.3 Å². The average molecular weight is 255 g/mol. The molecule has 0 radical (unpaired) electrons. The third-order valence-electron chi connectivity index (χ3n) is 3.85. The van der Waals surface area contributed by atoms with Gasteiger partial charge in [0.15, 0.2) is 0 Å². The van der Waals surface area contributed by atoms with Crippen LogP contribution in [0.25, 0.3) is 0 Å². The summed E-state index contributed by atoms with van der Waals surface area (Å²) in [5.74, 6) is -0.537. The van der Waals surface area contributed by atoms with Crippen molar-refractivity contribution in [3.05, 3.63) is 0 Å². The topological polar surface area (TPSA) is 66.4 Å². The normalized spacial score (nSPS) is 19.8. The predicted molar refractivity (Wildman–Crippen MR) is 70.2 cm³/mol. The van der Waals surface area contributed by atoms with Gasteiger partial charge in [0.2, 0.25) is 5.91 Å². The molecule has 1 saturated carbocycles. The molecule has 0 aromatic heterocycles. The van der Waals surface area contributed by atoms with Crippen LogP contribution >= 0.6 is 0 Å². The van der Waals surface area contributed by atoms with Crippen LogP contribution in [-0.4, -0.2) is 23.0 Å². The summed E-state index contributed by atoms with van der Waals surface area (Å²) in [6, 6.07) is -0.748. The Morgan fingerprint density at radius 3 is 2.22 bits per heavy atom. The van der Waals surface area contributed by atoms with Gasteiger partial charge in [0.1, 0.15) is 6.04 Å². The predicted octanol–water partition coefficient (Wildman–Crippen LogP) is 2.57. The zero-order valence-electron chi connectivity index (χ0n) is 11.7. The quantitative estimate of drug-likeness (QED) is 0.766. The van der Waals surface area contributed by atoms with Gasteiger partial charge in [-0.05, 0) is 31.6 Å². The second kappa shape index (κ2) is 6.21. The second-order valence-corrected chi connectivity index (χ2v) is 5.86. The van der Waals surface area contributed by atoms with E-state index >= 15 is 0 Å². The van der Waals surface area contributed by atoms with E-state index in [1.165, 1.54) is 0 Å². The number of rotatable bonds is 6. The molecule has 18 heavy (non-hydrogen) atoms. The molecule has 1 aliphatic carbocycles. The van der Waals surface area contributed by atoms with E-state index in [2.05, 4.69) is 19.2 Å². The number of nitrogens with one attached hydrogen (secondary N) is 1. The molecule has 1 fully saturated rings. The van der Waals surface area contributed by atoms with E-state index in [4.69, 9.17) is 5.11 Å². The van der Waals surface area contributed by atoms with Crippen molar-refractivity contribution in [1.82, 2.24) is 5.32 Å². The number of amides is 1. The summed E-state index contributed by atoms with van der Waals surface area (Å²) in [6.45, 7) is 6.01. The summed E-state index contributed by atoms with van der Waals surface area (Å²) < 4.78 is 0. The molecule has 1 aliphatic rings. The lowest BCUT2D eigenvalue weighted by molar-refractivity contribution is -0.144. The van der Waals surface area contributed by atoms with E-state index in [0.29, 0.717) is 12.3 Å². The van der Waals surface area contributed by atoms with Crippen molar-refractivity contribution < 1.29 is 14.7 Å². The molecule has 0 aromatic carbocycles. The number of hydrogen-bond acceptors (Lipinski definition) is 2. The van der Waals surface area contributed by atoms with Gasteiger partial charge >= 0.3 is 5.97 Å². The Labute approximate surface area is 109 Å². The van der Waals surface area contributed by atoms with Crippen molar-refractivity contribution in [3.8, 4) is 0 Å². The Kier molecular flexibility index (Phi) is 5.17. The van der Waals surface area contributed by atoms with Crippen LogP contribution in [-0.2, 0) is 9.59 Å². The van der Waals surface area contributed by atoms with E-state index in [-0.39, 0.29) is 11.3 Å². The maximum atomic E-state index is 12.4. The molecule has 104 valence electrons. The summed E-state index contributed by atoms with van der Waals surface area (Å²) in [4.78, 5) is 23.4. The Hall–Kier alpha value is -1.06. The van der Waals surface area contributed by atoms with Gasteiger partial charge < -0.3 is 10.4 Å². The molecule has 2 N–H and O–H groups in total. The maximum Gasteiger partial charge on any atom is 0.326 e. The highest BCUT2D eigenvalue weighted by Crippen LogP contribution is 2.43. The van der Waals surface area contributed by atoms with Crippen molar-refractivity contribution >= 4 is 11.9 Å². The maximum absolute atomic E-state index is 12.4. The Bertz CT molecular complexity index is 306. The highest BCUT2D eigenvalue weighted by atomic mass is 16.4. The Balaban J connectivity index is 2.74. The zero-order chi connectivity index (χ0) is 13.8. The Morgan fingerprint density at radius 2 is 1.83 bits per heavy atom. The summed E-state index contributed by atoms with van der Waals surface area (Å²) in [5.41, 5.74) is -0.322. The van der Waals surface area contributed by atoms with E-state index < -0.39 is 12.0 Å². The average Bonchev–Trinajstić information content (AvgIpc) is 2.73. The van der Waals surface area contributed by atoms with Crippen molar-refractivity contribution in [1.29, 1.82) is 0 Å². The first kappa shape index (κ1) is 15.0. The molecule has 4 nitrogen and oxygen atoms in total. The summed E-state index contributed by atoms with van der Waals surface area (Å²) in [7, 11) is 0. The fraction of sp³-hybridized carbons (Fsp3) is 0.857. The Morgan fingerprint density at radius 1 is 1.28 bits per heavy atom. The van der Waals surface area contributed by atoms with E-state index in [1.807, 2.05) is 0 Å². The van der Waals surface area contributed by atoms with Crippen molar-refractivity contribution in [2.45, 2.75) is 65.3 Å². The van der Waals surface area contributed by atoms with Crippen LogP contribution in [0.15, 0.2) is 0 Å². The number of aliphatic carboxylic acids is 1. The van der Waals surface area contributed by atoms with Crippen molar-refractivity contribution in [2.24, 2.45) is 11.3 Å². The molecule has 0 unspecified atom stereocenters. The molecule has 0 heterocycles. The van der Waals surface area contributed by atoms with Gasteiger partial charge in [0, 0.05) is 5.41 Å². The fourth-order valence-electron chi connectivity index (χ4n) is 3.01. The molecule has 0 spiro atoms. The summed E-state index contributed by atoms with van der Waals surface area (Å²) >= 11 is 0. The number of carboxylic acids is 1. The number of carbonyl (C=O) groups excluding carboxylic acids is 1. The molecule has 0 bridgehead atoms. The smallest absolute Gasteiger partial charge is 0.326 e. The van der Waals surface area contributed by atoms with Crippen LogP contribution in [0.5, 0.6) is 0 Å². The molecule has 1 rings (SSSR count). The van der Waals surface area contributed by atoms with Gasteiger partial charge in [-0.3, -0.25) is 4.79 Å². The van der Waals surface area contributed by atoms with Gasteiger partial charge in [-0.2, -0.15) is 0 Å². The highest BCUT2D eigenvalue weighted by molar-refractivity contribution is 5.87. The molecule has 1 amide bonds. The first-order valence-corrected chi connectivity index (χ1v) is 6.95. The van der Waals surface area contributed by atoms with E-state index in [0.717, 1.165) is 32.1 Å². The highest BCUT2D eigenvalue weighted by Gasteiger charge is 2.42. The number of carbonyl (C=O) groups is 2. The number of carboxylic acid groups (broad SMARTS) is 1. The lowest BCUT2D eigenvalue weighted by Crippen LogP contribution is -2.47. The van der Waals surface area contributed by atoms with Gasteiger partial charge in [-0.25, -0.2) is 4.79 Å². The third kappa shape index (κ3) is 3.47. The molecular weight excluding hydrogens is 230 g/mol. The minimum atomic E-state index is -0.941. The van der Waals surface area contributed by atoms with Crippen LogP contribution in [0.4, 0.5) is 0 Å². The molecule has 0 saturated heterocycles. The van der Waals surface area contributed by atoms with Crippen LogP contribution in [0.2, 0.25) is 0 Å². The van der Waals surface area contributed by atoms with Crippen molar-refractivity contribution in [3.63, 3.8) is 0 Å². The zero-order valence-corrected chi connectivity index (χ0v) is 11.7. The van der Waals surface area contributed by atoms with Gasteiger partial charge in [0.25, 0.3) is 0 Å². The molecular formula is C14H25NO3. The lowest BCUT2D eigenvalue weighted by Gasteiger charge is -2.30. The van der Waals surface area contributed by atoms with Gasteiger partial charge in [-0.15, -0.1) is 0 Å². The third-order valence-corrected chi connectivity index (χ3v) is 3.85. The van der Waals surface area contributed by atoms with Crippen LogP contribution in [0, 0.1) is 11.3 Å². The first-order valence-electron chi connectivity index (χ1n) is 6.95. The lowest BCUT2D eigenvalue weighted by atomic mass is 9.77. The van der Waals surface area contributed by atoms with Gasteiger partial charge in [-0.1, -0.05) is 33.6 Å². The molecule has 1 atom stereocenters.